The van der Waals surface area contributed by atoms with Crippen molar-refractivity contribution in [3.05, 3.63) is 34.1 Å². The molecule has 0 bridgehead atoms. The molecule has 0 aliphatic carbocycles. The molecule has 0 N–H and O–H groups in total. The normalized spacial score (nSPS) is 11.3. The number of halogens is 2. The van der Waals surface area contributed by atoms with E-state index in [1.165, 1.54) is 6.07 Å². The molecule has 1 rings (SSSR count). The summed E-state index contributed by atoms with van der Waals surface area (Å²) in [4.78, 5) is 11.7. The molecule has 0 aliphatic rings. The highest BCUT2D eigenvalue weighted by Crippen LogP contribution is 2.29. The minimum absolute atomic E-state index is 0.292. The maximum Gasteiger partial charge on any atom is 0.316 e. The predicted molar refractivity (Wildman–Crippen MR) is 63.8 cm³/mol. The quantitative estimate of drug-likeness (QED) is 0.797. The van der Waals surface area contributed by atoms with E-state index in [4.69, 9.17) is 4.74 Å². The lowest BCUT2D eigenvalue weighted by Gasteiger charge is -2.23. The maximum atomic E-state index is 13.7. The van der Waals surface area contributed by atoms with Crippen molar-refractivity contribution >= 4 is 21.9 Å². The molecule has 1 aromatic rings. The molecule has 88 valence electrons. The van der Waals surface area contributed by atoms with Crippen LogP contribution in [-0.2, 0) is 14.9 Å². The van der Waals surface area contributed by atoms with E-state index in [0.717, 1.165) is 0 Å². The van der Waals surface area contributed by atoms with Crippen LogP contribution >= 0.6 is 15.9 Å². The minimum Gasteiger partial charge on any atom is -0.465 e. The van der Waals surface area contributed by atoms with Crippen LogP contribution in [0.15, 0.2) is 22.7 Å². The van der Waals surface area contributed by atoms with Crippen LogP contribution in [0.25, 0.3) is 0 Å². The number of rotatable bonds is 3. The average molecular weight is 289 g/mol. The van der Waals surface area contributed by atoms with Crippen LogP contribution in [0.3, 0.4) is 0 Å². The van der Waals surface area contributed by atoms with Gasteiger partial charge in [-0.1, -0.05) is 22.0 Å². The Kier molecular flexibility index (Phi) is 4.08. The van der Waals surface area contributed by atoms with E-state index in [0.29, 0.717) is 16.6 Å². The van der Waals surface area contributed by atoms with Gasteiger partial charge in [-0.2, -0.15) is 0 Å². The number of hydrogen-bond acceptors (Lipinski definition) is 2. The molecule has 0 fully saturated rings. The number of esters is 1. The van der Waals surface area contributed by atoms with Gasteiger partial charge < -0.3 is 4.74 Å². The van der Waals surface area contributed by atoms with Gasteiger partial charge in [-0.25, -0.2) is 4.39 Å². The Bertz CT molecular complexity index is 402. The van der Waals surface area contributed by atoms with Gasteiger partial charge in [-0.15, -0.1) is 0 Å². The molecule has 1 aromatic carbocycles. The van der Waals surface area contributed by atoms with Gasteiger partial charge in [0.1, 0.15) is 5.82 Å². The molecular weight excluding hydrogens is 275 g/mol. The van der Waals surface area contributed by atoms with Crippen LogP contribution in [0.2, 0.25) is 0 Å². The Morgan fingerprint density at radius 2 is 2.12 bits per heavy atom. The van der Waals surface area contributed by atoms with E-state index in [-0.39, 0.29) is 0 Å². The first-order chi connectivity index (χ1) is 7.39. The van der Waals surface area contributed by atoms with Crippen LogP contribution < -0.4 is 0 Å². The van der Waals surface area contributed by atoms with Crippen LogP contribution in [0.1, 0.15) is 26.3 Å². The zero-order chi connectivity index (χ0) is 12.3. The summed E-state index contributed by atoms with van der Waals surface area (Å²) in [5.41, 5.74) is -0.630. The highest BCUT2D eigenvalue weighted by molar-refractivity contribution is 9.10. The number of ether oxygens (including phenoxy) is 1. The Morgan fingerprint density at radius 3 is 2.62 bits per heavy atom. The Morgan fingerprint density at radius 1 is 1.50 bits per heavy atom. The van der Waals surface area contributed by atoms with Crippen molar-refractivity contribution in [1.29, 1.82) is 0 Å². The first kappa shape index (κ1) is 13.2. The number of carbonyl (C=O) groups is 1. The van der Waals surface area contributed by atoms with Gasteiger partial charge in [0, 0.05) is 10.0 Å². The van der Waals surface area contributed by atoms with E-state index in [9.17, 15) is 9.18 Å². The van der Waals surface area contributed by atoms with E-state index in [2.05, 4.69) is 15.9 Å². The van der Waals surface area contributed by atoms with Gasteiger partial charge in [0.25, 0.3) is 0 Å². The largest absolute Gasteiger partial charge is 0.465 e. The van der Waals surface area contributed by atoms with Gasteiger partial charge in [0.15, 0.2) is 0 Å². The summed E-state index contributed by atoms with van der Waals surface area (Å²) >= 11 is 3.17. The molecule has 0 amide bonds. The SMILES string of the molecule is CCOC(=O)C(C)(C)c1ccc(Br)cc1F. The van der Waals surface area contributed by atoms with Crippen LogP contribution in [0, 0.1) is 5.82 Å². The molecule has 0 aliphatic heterocycles. The van der Waals surface area contributed by atoms with Crippen molar-refractivity contribution < 1.29 is 13.9 Å². The van der Waals surface area contributed by atoms with Gasteiger partial charge >= 0.3 is 5.97 Å². The molecule has 0 spiro atoms. The first-order valence-electron chi connectivity index (χ1n) is 5.02. The van der Waals surface area contributed by atoms with E-state index in [1.807, 2.05) is 0 Å². The fourth-order valence-electron chi connectivity index (χ4n) is 1.42. The van der Waals surface area contributed by atoms with Crippen LogP contribution in [-0.4, -0.2) is 12.6 Å². The van der Waals surface area contributed by atoms with Crippen molar-refractivity contribution in [2.75, 3.05) is 6.61 Å². The molecule has 0 atom stereocenters. The van der Waals surface area contributed by atoms with E-state index in [1.54, 1.807) is 32.9 Å². The number of hydrogen-bond donors (Lipinski definition) is 0. The van der Waals surface area contributed by atoms with Crippen molar-refractivity contribution in [1.82, 2.24) is 0 Å². The van der Waals surface area contributed by atoms with E-state index >= 15 is 0 Å². The molecule has 16 heavy (non-hydrogen) atoms. The second-order valence-corrected chi connectivity index (χ2v) is 4.89. The molecule has 0 aromatic heterocycles. The Hall–Kier alpha value is -0.900. The lowest BCUT2D eigenvalue weighted by molar-refractivity contribution is -0.148. The third-order valence-corrected chi connectivity index (χ3v) is 2.88. The average Bonchev–Trinajstić information content (AvgIpc) is 2.17. The summed E-state index contributed by atoms with van der Waals surface area (Å²) < 4.78 is 19.3. The zero-order valence-electron chi connectivity index (χ0n) is 9.51. The van der Waals surface area contributed by atoms with Crippen molar-refractivity contribution in [2.45, 2.75) is 26.2 Å². The maximum absolute atomic E-state index is 13.7. The summed E-state index contributed by atoms with van der Waals surface area (Å²) in [5.74, 6) is -0.830. The second kappa shape index (κ2) is 4.95. The molecule has 0 radical (unpaired) electrons. The third-order valence-electron chi connectivity index (χ3n) is 2.39. The zero-order valence-corrected chi connectivity index (χ0v) is 11.1. The van der Waals surface area contributed by atoms with Gasteiger partial charge in [-0.05, 0) is 32.9 Å². The molecule has 4 heteroatoms. The number of carbonyl (C=O) groups excluding carboxylic acids is 1. The van der Waals surface area contributed by atoms with E-state index < -0.39 is 17.2 Å². The smallest absolute Gasteiger partial charge is 0.316 e. The highest BCUT2D eigenvalue weighted by atomic mass is 79.9. The topological polar surface area (TPSA) is 26.3 Å². The summed E-state index contributed by atoms with van der Waals surface area (Å²) in [6, 6.07) is 4.64. The van der Waals surface area contributed by atoms with Crippen molar-refractivity contribution in [2.24, 2.45) is 0 Å². The summed E-state index contributed by atoms with van der Waals surface area (Å²) in [6.45, 7) is 5.32. The van der Waals surface area contributed by atoms with Crippen molar-refractivity contribution in [3.63, 3.8) is 0 Å². The summed E-state index contributed by atoms with van der Waals surface area (Å²) in [5, 5.41) is 0. The van der Waals surface area contributed by atoms with Gasteiger partial charge in [0.2, 0.25) is 0 Å². The molecule has 0 saturated heterocycles. The van der Waals surface area contributed by atoms with Crippen LogP contribution in [0.4, 0.5) is 4.39 Å². The Balaban J connectivity index is 3.11. The highest BCUT2D eigenvalue weighted by Gasteiger charge is 2.33. The third kappa shape index (κ3) is 2.61. The lowest BCUT2D eigenvalue weighted by atomic mass is 9.84. The second-order valence-electron chi connectivity index (χ2n) is 3.97. The fourth-order valence-corrected chi connectivity index (χ4v) is 1.75. The van der Waals surface area contributed by atoms with Crippen LogP contribution in [0.5, 0.6) is 0 Å². The minimum atomic E-state index is -0.971. The van der Waals surface area contributed by atoms with Crippen molar-refractivity contribution in [3.8, 4) is 0 Å². The molecular formula is C12H14BrFO2. The van der Waals surface area contributed by atoms with Gasteiger partial charge in [0.05, 0.1) is 12.0 Å². The Labute approximate surface area is 103 Å². The first-order valence-corrected chi connectivity index (χ1v) is 5.81. The standard InChI is InChI=1S/C12H14BrFO2/c1-4-16-11(15)12(2,3)9-6-5-8(13)7-10(9)14/h5-7H,4H2,1-3H3. The monoisotopic (exact) mass is 288 g/mol. The predicted octanol–water partition coefficient (Wildman–Crippen LogP) is 3.43. The fraction of sp³-hybridized carbons (Fsp3) is 0.417. The molecule has 0 unspecified atom stereocenters. The summed E-state index contributed by atoms with van der Waals surface area (Å²) in [7, 11) is 0. The summed E-state index contributed by atoms with van der Waals surface area (Å²) in [6.07, 6.45) is 0. The molecule has 2 nitrogen and oxygen atoms in total. The molecule has 0 saturated carbocycles. The lowest BCUT2D eigenvalue weighted by Crippen LogP contribution is -2.32. The molecule has 0 heterocycles. The number of benzene rings is 1. The van der Waals surface area contributed by atoms with Gasteiger partial charge in [-0.3, -0.25) is 4.79 Å².